The number of nitrogens with zero attached hydrogens (tertiary/aromatic N) is 1. The topological polar surface area (TPSA) is 24.9 Å². The van der Waals surface area contributed by atoms with Gasteiger partial charge in [0.1, 0.15) is 11.6 Å². The quantitative estimate of drug-likeness (QED) is 0.779. The first-order valence-electron chi connectivity index (χ1n) is 6.80. The molecule has 6 heteroatoms. The lowest BCUT2D eigenvalue weighted by molar-refractivity contribution is 0.488. The fourth-order valence-electron chi connectivity index (χ4n) is 2.13. The molecule has 0 spiro atoms. The largest absolute Gasteiger partial charge is 0.310 e. The zero-order valence-electron chi connectivity index (χ0n) is 11.9. The molecule has 1 aromatic heterocycles. The summed E-state index contributed by atoms with van der Waals surface area (Å²) in [5, 5.41) is 5.95. The van der Waals surface area contributed by atoms with E-state index in [1.165, 1.54) is 6.07 Å². The minimum atomic E-state index is -0.606. The van der Waals surface area contributed by atoms with E-state index in [9.17, 15) is 8.78 Å². The molecule has 0 saturated heterocycles. The second-order valence-electron chi connectivity index (χ2n) is 4.86. The summed E-state index contributed by atoms with van der Waals surface area (Å²) in [4.78, 5) is 4.39. The summed E-state index contributed by atoms with van der Waals surface area (Å²) in [6.07, 6.45) is 1.42. The summed E-state index contributed by atoms with van der Waals surface area (Å²) < 4.78 is 27.8. The maximum absolute atomic E-state index is 14.1. The van der Waals surface area contributed by atoms with Gasteiger partial charge in [-0.15, -0.1) is 11.3 Å². The molecule has 0 bridgehead atoms. The molecule has 0 aliphatic heterocycles. The molecule has 0 fully saturated rings. The Morgan fingerprint density at radius 3 is 2.71 bits per heavy atom. The summed E-state index contributed by atoms with van der Waals surface area (Å²) in [7, 11) is 0. The number of thiazole rings is 1. The van der Waals surface area contributed by atoms with Crippen LogP contribution in [0.1, 0.15) is 35.7 Å². The summed E-state index contributed by atoms with van der Waals surface area (Å²) in [6, 6.07) is 1.88. The third-order valence-electron chi connectivity index (χ3n) is 3.14. The predicted octanol–water partition coefficient (Wildman–Crippen LogP) is 4.67. The van der Waals surface area contributed by atoms with Gasteiger partial charge in [-0.2, -0.15) is 0 Å². The van der Waals surface area contributed by atoms with Crippen LogP contribution in [-0.2, 0) is 6.42 Å². The molecule has 1 aromatic carbocycles. The lowest BCUT2D eigenvalue weighted by atomic mass is 10.0. The Bertz CT molecular complexity index is 616. The number of hydrogen-bond donors (Lipinski definition) is 1. The highest BCUT2D eigenvalue weighted by Gasteiger charge is 2.19. The van der Waals surface area contributed by atoms with Crippen molar-refractivity contribution in [3.05, 3.63) is 50.4 Å². The molecule has 2 nitrogen and oxygen atoms in total. The predicted molar refractivity (Wildman–Crippen MR) is 83.0 cm³/mol. The molecule has 1 unspecified atom stereocenters. The number of nitrogens with one attached hydrogen (secondary N) is 1. The van der Waals surface area contributed by atoms with Crippen LogP contribution in [0.15, 0.2) is 17.5 Å². The average molecular weight is 331 g/mol. The highest BCUT2D eigenvalue weighted by molar-refractivity contribution is 7.09. The van der Waals surface area contributed by atoms with Crippen LogP contribution in [0.3, 0.4) is 0 Å². The maximum atomic E-state index is 14.1. The second-order valence-corrected chi connectivity index (χ2v) is 6.33. The van der Waals surface area contributed by atoms with Gasteiger partial charge in [0.2, 0.25) is 0 Å². The number of aromatic nitrogens is 1. The number of aryl methyl sites for hydroxylation is 1. The van der Waals surface area contributed by atoms with E-state index in [1.54, 1.807) is 11.3 Å². The molecule has 0 radical (unpaired) electrons. The molecular formula is C15H17ClF2N2S. The fraction of sp³-hybridized carbons (Fsp3) is 0.400. The third-order valence-corrected chi connectivity index (χ3v) is 4.25. The van der Waals surface area contributed by atoms with Crippen LogP contribution in [0, 0.1) is 18.6 Å². The Kier molecular flexibility index (Phi) is 5.67. The van der Waals surface area contributed by atoms with Crippen LogP contribution >= 0.6 is 22.9 Å². The molecule has 0 amide bonds. The number of benzene rings is 1. The van der Waals surface area contributed by atoms with E-state index in [2.05, 4.69) is 10.3 Å². The van der Waals surface area contributed by atoms with Crippen molar-refractivity contribution in [2.75, 3.05) is 6.54 Å². The van der Waals surface area contributed by atoms with Crippen molar-refractivity contribution in [2.45, 2.75) is 32.7 Å². The van der Waals surface area contributed by atoms with Gasteiger partial charge in [-0.25, -0.2) is 13.8 Å². The van der Waals surface area contributed by atoms with Crippen molar-refractivity contribution >= 4 is 22.9 Å². The monoisotopic (exact) mass is 330 g/mol. The van der Waals surface area contributed by atoms with E-state index < -0.39 is 11.6 Å². The van der Waals surface area contributed by atoms with Crippen molar-refractivity contribution < 1.29 is 8.78 Å². The highest BCUT2D eigenvalue weighted by Crippen LogP contribution is 2.26. The summed E-state index contributed by atoms with van der Waals surface area (Å²) in [5.74, 6) is -1.10. The SMILES string of the molecule is CCCNC(Cc1csc(C)n1)c1cc(F)c(Cl)cc1F. The van der Waals surface area contributed by atoms with Crippen LogP contribution in [0.4, 0.5) is 8.78 Å². The molecule has 0 saturated carbocycles. The van der Waals surface area contributed by atoms with E-state index in [0.29, 0.717) is 6.42 Å². The Morgan fingerprint density at radius 2 is 2.10 bits per heavy atom. The Hall–Kier alpha value is -1.04. The van der Waals surface area contributed by atoms with Gasteiger partial charge in [0.05, 0.1) is 15.7 Å². The van der Waals surface area contributed by atoms with Crippen LogP contribution in [0.2, 0.25) is 5.02 Å². The standard InChI is InChI=1S/C15H17ClF2N2S/c1-3-4-19-15(5-10-8-21-9(2)20-10)11-6-14(18)12(16)7-13(11)17/h6-8,15,19H,3-5H2,1-2H3. The lowest BCUT2D eigenvalue weighted by Crippen LogP contribution is -2.25. The number of hydrogen-bond acceptors (Lipinski definition) is 3. The molecule has 21 heavy (non-hydrogen) atoms. The first-order valence-corrected chi connectivity index (χ1v) is 8.05. The number of halogens is 3. The molecule has 114 valence electrons. The van der Waals surface area contributed by atoms with Crippen molar-refractivity contribution in [3.63, 3.8) is 0 Å². The second kappa shape index (κ2) is 7.29. The molecule has 1 N–H and O–H groups in total. The van der Waals surface area contributed by atoms with E-state index in [0.717, 1.165) is 29.7 Å². The summed E-state index contributed by atoms with van der Waals surface area (Å²) in [6.45, 7) is 4.67. The summed E-state index contributed by atoms with van der Waals surface area (Å²) in [5.41, 5.74) is 1.16. The van der Waals surface area contributed by atoms with Gasteiger partial charge in [0.25, 0.3) is 0 Å². The van der Waals surface area contributed by atoms with Crippen LogP contribution in [0.25, 0.3) is 0 Å². The Labute approximate surface area is 132 Å². The molecule has 2 rings (SSSR count). The first-order chi connectivity index (χ1) is 10.0. The third kappa shape index (κ3) is 4.22. The average Bonchev–Trinajstić information content (AvgIpc) is 2.84. The van der Waals surface area contributed by atoms with Gasteiger partial charge in [-0.05, 0) is 32.0 Å². The zero-order chi connectivity index (χ0) is 15.4. The molecule has 1 atom stereocenters. The van der Waals surface area contributed by atoms with Crippen molar-refractivity contribution in [1.82, 2.24) is 10.3 Å². The van der Waals surface area contributed by atoms with E-state index in [4.69, 9.17) is 11.6 Å². The molecule has 1 heterocycles. The Morgan fingerprint density at radius 1 is 1.33 bits per heavy atom. The van der Waals surface area contributed by atoms with Crippen LogP contribution in [-0.4, -0.2) is 11.5 Å². The molecule has 2 aromatic rings. The van der Waals surface area contributed by atoms with Crippen molar-refractivity contribution in [1.29, 1.82) is 0 Å². The fourth-order valence-corrected chi connectivity index (χ4v) is 2.90. The zero-order valence-corrected chi connectivity index (χ0v) is 13.5. The summed E-state index contributed by atoms with van der Waals surface area (Å²) >= 11 is 7.16. The highest BCUT2D eigenvalue weighted by atomic mass is 35.5. The van der Waals surface area contributed by atoms with Crippen LogP contribution < -0.4 is 5.32 Å². The van der Waals surface area contributed by atoms with E-state index in [1.807, 2.05) is 19.2 Å². The first kappa shape index (κ1) is 16.3. The van der Waals surface area contributed by atoms with E-state index >= 15 is 0 Å². The van der Waals surface area contributed by atoms with Crippen molar-refractivity contribution in [2.24, 2.45) is 0 Å². The van der Waals surface area contributed by atoms with Gasteiger partial charge in [-0.3, -0.25) is 0 Å². The Balaban J connectivity index is 2.28. The van der Waals surface area contributed by atoms with Gasteiger partial charge in [0.15, 0.2) is 0 Å². The van der Waals surface area contributed by atoms with E-state index in [-0.39, 0.29) is 16.6 Å². The normalized spacial score (nSPS) is 12.6. The number of rotatable bonds is 6. The lowest BCUT2D eigenvalue weighted by Gasteiger charge is -2.19. The smallest absolute Gasteiger partial charge is 0.142 e. The molecule has 0 aliphatic carbocycles. The van der Waals surface area contributed by atoms with Gasteiger partial charge < -0.3 is 5.32 Å². The maximum Gasteiger partial charge on any atom is 0.142 e. The van der Waals surface area contributed by atoms with Gasteiger partial charge >= 0.3 is 0 Å². The van der Waals surface area contributed by atoms with Crippen molar-refractivity contribution in [3.8, 4) is 0 Å². The van der Waals surface area contributed by atoms with Gasteiger partial charge in [-0.1, -0.05) is 18.5 Å². The molecule has 0 aliphatic rings. The minimum Gasteiger partial charge on any atom is -0.310 e. The van der Waals surface area contributed by atoms with Gasteiger partial charge in [0, 0.05) is 23.4 Å². The minimum absolute atomic E-state index is 0.199. The molecular weight excluding hydrogens is 314 g/mol. The van der Waals surface area contributed by atoms with Crippen LogP contribution in [0.5, 0.6) is 0 Å².